The van der Waals surface area contributed by atoms with E-state index in [0.29, 0.717) is 5.75 Å². The molecular formula is C9H12N2O4. The Kier molecular flexibility index (Phi) is 3.90. The molecule has 6 nitrogen and oxygen atoms in total. The maximum Gasteiger partial charge on any atom is 0.268 e. The van der Waals surface area contributed by atoms with E-state index in [4.69, 9.17) is 10.6 Å². The van der Waals surface area contributed by atoms with E-state index < -0.39 is 5.91 Å². The van der Waals surface area contributed by atoms with Gasteiger partial charge in [0.15, 0.2) is 6.79 Å². The van der Waals surface area contributed by atoms with E-state index in [9.17, 15) is 9.90 Å². The number of phenols is 1. The van der Waals surface area contributed by atoms with Crippen LogP contribution in [-0.2, 0) is 4.74 Å². The second-order valence-corrected chi connectivity index (χ2v) is 2.70. The lowest BCUT2D eigenvalue weighted by Gasteiger charge is -2.07. The number of ether oxygens (including phenoxy) is 2. The summed E-state index contributed by atoms with van der Waals surface area (Å²) in [6.45, 7) is 0.0713. The number of nitrogens with one attached hydrogen (secondary N) is 1. The van der Waals surface area contributed by atoms with Gasteiger partial charge in [-0.25, -0.2) is 5.84 Å². The van der Waals surface area contributed by atoms with Crippen LogP contribution in [0.1, 0.15) is 10.4 Å². The fourth-order valence-electron chi connectivity index (χ4n) is 0.998. The molecule has 0 heterocycles. The number of rotatable bonds is 4. The van der Waals surface area contributed by atoms with Crippen LogP contribution in [0.15, 0.2) is 18.2 Å². The van der Waals surface area contributed by atoms with Crippen molar-refractivity contribution in [1.82, 2.24) is 5.43 Å². The van der Waals surface area contributed by atoms with Gasteiger partial charge in [0.05, 0.1) is 5.56 Å². The van der Waals surface area contributed by atoms with Crippen LogP contribution >= 0.6 is 0 Å². The Morgan fingerprint density at radius 2 is 2.33 bits per heavy atom. The molecule has 0 radical (unpaired) electrons. The predicted molar refractivity (Wildman–Crippen MR) is 52.3 cm³/mol. The number of benzene rings is 1. The zero-order valence-electron chi connectivity index (χ0n) is 8.19. The van der Waals surface area contributed by atoms with Crippen LogP contribution in [-0.4, -0.2) is 24.9 Å². The molecule has 0 bridgehead atoms. The summed E-state index contributed by atoms with van der Waals surface area (Å²) in [4.78, 5) is 11.1. The number of hydrogen-bond donors (Lipinski definition) is 3. The minimum absolute atomic E-state index is 0.0713. The van der Waals surface area contributed by atoms with Crippen molar-refractivity contribution in [2.45, 2.75) is 0 Å². The largest absolute Gasteiger partial charge is 0.507 e. The summed E-state index contributed by atoms with van der Waals surface area (Å²) >= 11 is 0. The zero-order valence-corrected chi connectivity index (χ0v) is 8.19. The summed E-state index contributed by atoms with van der Waals surface area (Å²) in [5.74, 6) is 4.57. The molecule has 15 heavy (non-hydrogen) atoms. The van der Waals surface area contributed by atoms with Gasteiger partial charge in [-0.2, -0.15) is 0 Å². The first-order chi connectivity index (χ1) is 7.19. The first-order valence-electron chi connectivity index (χ1n) is 4.14. The van der Waals surface area contributed by atoms with Crippen molar-refractivity contribution in [2.24, 2.45) is 5.84 Å². The van der Waals surface area contributed by atoms with Gasteiger partial charge < -0.3 is 14.6 Å². The molecule has 1 rings (SSSR count). The van der Waals surface area contributed by atoms with Crippen LogP contribution in [0.25, 0.3) is 0 Å². The molecular weight excluding hydrogens is 200 g/mol. The number of carbonyl (C=O) groups is 1. The van der Waals surface area contributed by atoms with Crippen molar-refractivity contribution < 1.29 is 19.4 Å². The number of amides is 1. The Bertz CT molecular complexity index is 354. The fourth-order valence-corrected chi connectivity index (χ4v) is 0.998. The fraction of sp³-hybridized carbons (Fsp3) is 0.222. The van der Waals surface area contributed by atoms with Gasteiger partial charge in [0.2, 0.25) is 0 Å². The molecule has 1 aromatic carbocycles. The Labute approximate surface area is 86.6 Å². The van der Waals surface area contributed by atoms with Gasteiger partial charge in [-0.3, -0.25) is 10.2 Å². The van der Waals surface area contributed by atoms with Crippen molar-refractivity contribution in [2.75, 3.05) is 13.9 Å². The molecule has 0 saturated carbocycles. The molecule has 0 aliphatic rings. The molecule has 0 aliphatic carbocycles. The molecule has 4 N–H and O–H groups in total. The third-order valence-corrected chi connectivity index (χ3v) is 1.69. The third-order valence-electron chi connectivity index (χ3n) is 1.69. The quantitative estimate of drug-likeness (QED) is 0.282. The first-order valence-corrected chi connectivity index (χ1v) is 4.14. The van der Waals surface area contributed by atoms with Crippen molar-refractivity contribution in [1.29, 1.82) is 0 Å². The number of methoxy groups -OCH3 is 1. The van der Waals surface area contributed by atoms with E-state index in [1.54, 1.807) is 0 Å². The predicted octanol–water partition coefficient (Wildman–Crippen LogP) is -0.0216. The molecule has 82 valence electrons. The molecule has 6 heteroatoms. The van der Waals surface area contributed by atoms with Crippen LogP contribution in [0.4, 0.5) is 0 Å². The Morgan fingerprint density at radius 1 is 1.60 bits per heavy atom. The lowest BCUT2D eigenvalue weighted by Crippen LogP contribution is -2.29. The second kappa shape index (κ2) is 5.18. The molecule has 0 fully saturated rings. The number of carbonyl (C=O) groups excluding carboxylic acids is 1. The number of hydrogen-bond acceptors (Lipinski definition) is 5. The van der Waals surface area contributed by atoms with E-state index in [0.717, 1.165) is 0 Å². The number of aromatic hydroxyl groups is 1. The highest BCUT2D eigenvalue weighted by molar-refractivity contribution is 5.96. The van der Waals surface area contributed by atoms with Crippen LogP contribution in [0, 0.1) is 0 Å². The van der Waals surface area contributed by atoms with Gasteiger partial charge >= 0.3 is 0 Å². The molecule has 0 aromatic heterocycles. The van der Waals surface area contributed by atoms with Crippen molar-refractivity contribution in [3.05, 3.63) is 23.8 Å². The monoisotopic (exact) mass is 212 g/mol. The number of hydrazine groups is 1. The Hall–Kier alpha value is -1.79. The summed E-state index contributed by atoms with van der Waals surface area (Å²) in [5, 5.41) is 9.46. The molecule has 0 spiro atoms. The lowest BCUT2D eigenvalue weighted by molar-refractivity contribution is 0.0510. The van der Waals surface area contributed by atoms with Crippen LogP contribution in [0.5, 0.6) is 11.5 Å². The summed E-state index contributed by atoms with van der Waals surface area (Å²) < 4.78 is 9.74. The molecule has 0 atom stereocenters. The lowest BCUT2D eigenvalue weighted by atomic mass is 10.2. The van der Waals surface area contributed by atoms with Crippen LogP contribution < -0.4 is 16.0 Å². The average molecular weight is 212 g/mol. The molecule has 1 aromatic rings. The highest BCUT2D eigenvalue weighted by atomic mass is 16.7. The molecule has 0 saturated heterocycles. The van der Waals surface area contributed by atoms with E-state index >= 15 is 0 Å². The summed E-state index contributed by atoms with van der Waals surface area (Å²) in [5.41, 5.74) is 2.01. The van der Waals surface area contributed by atoms with Crippen molar-refractivity contribution >= 4 is 5.91 Å². The highest BCUT2D eigenvalue weighted by Gasteiger charge is 2.10. The topological polar surface area (TPSA) is 93.8 Å². The normalized spacial score (nSPS) is 9.73. The van der Waals surface area contributed by atoms with E-state index in [-0.39, 0.29) is 18.1 Å². The summed E-state index contributed by atoms with van der Waals surface area (Å²) in [6.07, 6.45) is 0. The van der Waals surface area contributed by atoms with Crippen LogP contribution in [0.3, 0.4) is 0 Å². The number of nitrogen functional groups attached to an aromatic ring is 1. The van der Waals surface area contributed by atoms with Gasteiger partial charge in [-0.1, -0.05) is 0 Å². The van der Waals surface area contributed by atoms with Gasteiger partial charge in [-0.15, -0.1) is 0 Å². The van der Waals surface area contributed by atoms with E-state index in [2.05, 4.69) is 4.74 Å². The average Bonchev–Trinajstić information content (AvgIpc) is 2.25. The summed E-state index contributed by atoms with van der Waals surface area (Å²) in [6, 6.07) is 4.25. The molecule has 0 aliphatic heterocycles. The van der Waals surface area contributed by atoms with Gasteiger partial charge in [0.1, 0.15) is 11.5 Å². The van der Waals surface area contributed by atoms with Gasteiger partial charge in [0.25, 0.3) is 5.91 Å². The SMILES string of the molecule is COCOc1ccc(C(=O)NN)c(O)c1. The van der Waals surface area contributed by atoms with Crippen molar-refractivity contribution in [3.8, 4) is 11.5 Å². The Morgan fingerprint density at radius 3 is 2.87 bits per heavy atom. The minimum Gasteiger partial charge on any atom is -0.507 e. The smallest absolute Gasteiger partial charge is 0.268 e. The maximum atomic E-state index is 11.1. The molecule has 1 amide bonds. The van der Waals surface area contributed by atoms with E-state index in [1.165, 1.54) is 25.3 Å². The van der Waals surface area contributed by atoms with Crippen LogP contribution in [0.2, 0.25) is 0 Å². The number of nitrogens with two attached hydrogens (primary N) is 1. The summed E-state index contributed by atoms with van der Waals surface area (Å²) in [7, 11) is 1.48. The Balaban J connectivity index is 2.83. The molecule has 0 unspecified atom stereocenters. The maximum absolute atomic E-state index is 11.1. The highest BCUT2D eigenvalue weighted by Crippen LogP contribution is 2.23. The number of phenolic OH excluding ortho intramolecular Hbond substituents is 1. The zero-order chi connectivity index (χ0) is 11.3. The van der Waals surface area contributed by atoms with Gasteiger partial charge in [-0.05, 0) is 12.1 Å². The standard InChI is InChI=1S/C9H12N2O4/c1-14-5-15-6-2-3-7(8(12)4-6)9(13)11-10/h2-4,12H,5,10H2,1H3,(H,11,13). The second-order valence-electron chi connectivity index (χ2n) is 2.70. The minimum atomic E-state index is -0.564. The first kappa shape index (κ1) is 11.3. The van der Waals surface area contributed by atoms with Crippen molar-refractivity contribution in [3.63, 3.8) is 0 Å². The van der Waals surface area contributed by atoms with E-state index in [1.807, 2.05) is 5.43 Å². The van der Waals surface area contributed by atoms with Gasteiger partial charge in [0, 0.05) is 13.2 Å². The third kappa shape index (κ3) is 2.83.